The molecule has 0 aliphatic carbocycles. The van der Waals surface area contributed by atoms with Crippen LogP contribution in [0.15, 0.2) is 28.2 Å². The molecular formula is C14H18ClN5OS. The molecule has 22 heavy (non-hydrogen) atoms. The Kier molecular flexibility index (Phi) is 4.20. The highest BCUT2D eigenvalue weighted by atomic mass is 35.5. The number of hydrazone groups is 1. The summed E-state index contributed by atoms with van der Waals surface area (Å²) in [7, 11) is 0. The van der Waals surface area contributed by atoms with Crippen molar-refractivity contribution in [3.63, 3.8) is 0 Å². The average molecular weight is 340 g/mol. The van der Waals surface area contributed by atoms with Gasteiger partial charge in [-0.05, 0) is 25.1 Å². The Balaban J connectivity index is 0.00000144. The molecule has 1 aromatic rings. The van der Waals surface area contributed by atoms with E-state index in [0.717, 1.165) is 36.1 Å². The van der Waals surface area contributed by atoms with Crippen molar-refractivity contribution in [3.05, 3.63) is 18.2 Å². The summed E-state index contributed by atoms with van der Waals surface area (Å²) < 4.78 is 0. The number of benzene rings is 1. The Hall–Kier alpha value is -1.44. The molecular weight excluding hydrogens is 322 g/mol. The van der Waals surface area contributed by atoms with Gasteiger partial charge in [0.1, 0.15) is 11.9 Å². The summed E-state index contributed by atoms with van der Waals surface area (Å²) in [5.74, 6) is 1.65. The summed E-state index contributed by atoms with van der Waals surface area (Å²) in [5.41, 5.74) is 4.77. The SMILES string of the molecule is CC1C(=O)NN=C2CSc3ccc(NC4CNC4)cc3N21.Cl. The highest BCUT2D eigenvalue weighted by molar-refractivity contribution is 8.00. The van der Waals surface area contributed by atoms with Crippen molar-refractivity contribution in [1.82, 2.24) is 10.7 Å². The monoisotopic (exact) mass is 339 g/mol. The zero-order valence-electron chi connectivity index (χ0n) is 12.1. The lowest BCUT2D eigenvalue weighted by atomic mass is 10.1. The fourth-order valence-corrected chi connectivity index (χ4v) is 3.70. The molecule has 3 aliphatic heterocycles. The number of carbonyl (C=O) groups excluding carboxylic acids is 1. The van der Waals surface area contributed by atoms with Gasteiger partial charge in [-0.2, -0.15) is 5.10 Å². The van der Waals surface area contributed by atoms with Crippen LogP contribution in [0, 0.1) is 0 Å². The van der Waals surface area contributed by atoms with Gasteiger partial charge in [-0.25, -0.2) is 5.43 Å². The fourth-order valence-electron chi connectivity index (χ4n) is 2.74. The van der Waals surface area contributed by atoms with Gasteiger partial charge in [0.25, 0.3) is 5.91 Å². The van der Waals surface area contributed by atoms with Gasteiger partial charge >= 0.3 is 0 Å². The second-order valence-electron chi connectivity index (χ2n) is 5.52. The first-order valence-electron chi connectivity index (χ1n) is 7.12. The van der Waals surface area contributed by atoms with E-state index in [1.165, 1.54) is 4.90 Å². The van der Waals surface area contributed by atoms with Crippen molar-refractivity contribution in [3.8, 4) is 0 Å². The van der Waals surface area contributed by atoms with Crippen LogP contribution in [0.25, 0.3) is 0 Å². The van der Waals surface area contributed by atoms with Crippen molar-refractivity contribution in [1.29, 1.82) is 0 Å². The molecule has 3 heterocycles. The third-order valence-electron chi connectivity index (χ3n) is 4.07. The fraction of sp³-hybridized carbons (Fsp3) is 0.429. The van der Waals surface area contributed by atoms with Crippen LogP contribution in [0.3, 0.4) is 0 Å². The molecule has 1 atom stereocenters. The molecule has 118 valence electrons. The lowest BCUT2D eigenvalue weighted by Gasteiger charge is -2.38. The predicted octanol–water partition coefficient (Wildman–Crippen LogP) is 1.24. The van der Waals surface area contributed by atoms with E-state index in [1.807, 2.05) is 6.92 Å². The van der Waals surface area contributed by atoms with Crippen LogP contribution in [-0.4, -0.2) is 42.7 Å². The largest absolute Gasteiger partial charge is 0.380 e. The molecule has 1 unspecified atom stereocenters. The molecule has 0 saturated carbocycles. The highest BCUT2D eigenvalue weighted by Crippen LogP contribution is 2.39. The molecule has 3 aliphatic rings. The maximum atomic E-state index is 11.9. The Morgan fingerprint density at radius 1 is 1.41 bits per heavy atom. The van der Waals surface area contributed by atoms with Crippen LogP contribution in [-0.2, 0) is 4.79 Å². The summed E-state index contributed by atoms with van der Waals surface area (Å²) >= 11 is 1.76. The molecule has 0 bridgehead atoms. The van der Waals surface area contributed by atoms with E-state index in [4.69, 9.17) is 0 Å². The third kappa shape index (κ3) is 2.53. The molecule has 1 saturated heterocycles. The Morgan fingerprint density at radius 2 is 2.23 bits per heavy atom. The number of hydrogen-bond donors (Lipinski definition) is 3. The number of thioether (sulfide) groups is 1. The summed E-state index contributed by atoms with van der Waals surface area (Å²) in [6.07, 6.45) is 0. The zero-order chi connectivity index (χ0) is 14.4. The number of fused-ring (bicyclic) bond motifs is 3. The third-order valence-corrected chi connectivity index (χ3v) is 5.13. The van der Waals surface area contributed by atoms with Crippen LogP contribution < -0.4 is 21.0 Å². The van der Waals surface area contributed by atoms with Crippen molar-refractivity contribution in [2.75, 3.05) is 29.1 Å². The van der Waals surface area contributed by atoms with Gasteiger partial charge in [0.05, 0.1) is 17.5 Å². The first kappa shape index (κ1) is 15.5. The molecule has 6 nitrogen and oxygen atoms in total. The second kappa shape index (κ2) is 5.98. The minimum atomic E-state index is -0.224. The Bertz CT molecular complexity index is 634. The number of halogens is 1. The van der Waals surface area contributed by atoms with Gasteiger partial charge < -0.3 is 15.5 Å². The molecule has 8 heteroatoms. The molecule has 0 aromatic heterocycles. The lowest BCUT2D eigenvalue weighted by molar-refractivity contribution is -0.122. The standard InChI is InChI=1S/C14H17N5OS.ClH/c1-8-14(20)18-17-13-7-21-12-3-2-9(4-11(12)19(8)13)16-10-5-15-6-10;/h2-4,8,10,15-16H,5-7H2,1H3,(H,18,20);1H. The summed E-state index contributed by atoms with van der Waals surface area (Å²) in [4.78, 5) is 15.1. The molecule has 1 fully saturated rings. The number of nitrogens with zero attached hydrogens (tertiary/aromatic N) is 2. The maximum absolute atomic E-state index is 11.9. The van der Waals surface area contributed by atoms with E-state index >= 15 is 0 Å². The maximum Gasteiger partial charge on any atom is 0.262 e. The van der Waals surface area contributed by atoms with Gasteiger partial charge in [-0.1, -0.05) is 0 Å². The second-order valence-corrected chi connectivity index (χ2v) is 6.54. The van der Waals surface area contributed by atoms with E-state index in [1.54, 1.807) is 11.8 Å². The molecule has 0 spiro atoms. The quantitative estimate of drug-likeness (QED) is 0.756. The van der Waals surface area contributed by atoms with Crippen LogP contribution in [0.5, 0.6) is 0 Å². The topological polar surface area (TPSA) is 68.8 Å². The van der Waals surface area contributed by atoms with E-state index < -0.39 is 0 Å². The normalized spacial score (nSPS) is 23.3. The summed E-state index contributed by atoms with van der Waals surface area (Å²) in [6.45, 7) is 3.92. The molecule has 1 aromatic carbocycles. The van der Waals surface area contributed by atoms with Crippen molar-refractivity contribution in [2.45, 2.75) is 23.9 Å². The number of carbonyl (C=O) groups is 1. The van der Waals surface area contributed by atoms with Gasteiger partial charge in [-0.15, -0.1) is 24.2 Å². The zero-order valence-corrected chi connectivity index (χ0v) is 13.8. The van der Waals surface area contributed by atoms with Gasteiger partial charge in [-0.3, -0.25) is 4.79 Å². The number of amidine groups is 1. The van der Waals surface area contributed by atoms with Gasteiger partial charge in [0, 0.05) is 23.7 Å². The van der Waals surface area contributed by atoms with Gasteiger partial charge in [0.15, 0.2) is 0 Å². The number of hydrogen-bond acceptors (Lipinski definition) is 6. The van der Waals surface area contributed by atoms with E-state index in [2.05, 4.69) is 44.3 Å². The lowest BCUT2D eigenvalue weighted by Crippen LogP contribution is -2.54. The number of rotatable bonds is 2. The van der Waals surface area contributed by atoms with Crippen LogP contribution in [0.1, 0.15) is 6.92 Å². The molecule has 3 N–H and O–H groups in total. The first-order valence-corrected chi connectivity index (χ1v) is 8.11. The predicted molar refractivity (Wildman–Crippen MR) is 92.2 cm³/mol. The first-order chi connectivity index (χ1) is 10.2. The van der Waals surface area contributed by atoms with Crippen LogP contribution in [0.4, 0.5) is 11.4 Å². The van der Waals surface area contributed by atoms with E-state index in [9.17, 15) is 4.79 Å². The Labute approximate surface area is 139 Å². The minimum absolute atomic E-state index is 0. The summed E-state index contributed by atoms with van der Waals surface area (Å²) in [6, 6.07) is 6.64. The van der Waals surface area contributed by atoms with E-state index in [-0.39, 0.29) is 24.4 Å². The van der Waals surface area contributed by atoms with Crippen molar-refractivity contribution in [2.24, 2.45) is 5.10 Å². The highest BCUT2D eigenvalue weighted by Gasteiger charge is 2.34. The number of amides is 1. The van der Waals surface area contributed by atoms with Crippen LogP contribution >= 0.6 is 24.2 Å². The van der Waals surface area contributed by atoms with Crippen LogP contribution in [0.2, 0.25) is 0 Å². The number of anilines is 2. The smallest absolute Gasteiger partial charge is 0.262 e. The molecule has 0 radical (unpaired) electrons. The Morgan fingerprint density at radius 3 is 2.95 bits per heavy atom. The van der Waals surface area contributed by atoms with Gasteiger partial charge in [0.2, 0.25) is 0 Å². The number of nitrogens with one attached hydrogen (secondary N) is 3. The van der Waals surface area contributed by atoms with Crippen molar-refractivity contribution < 1.29 is 4.79 Å². The summed E-state index contributed by atoms with van der Waals surface area (Å²) in [5, 5.41) is 11.0. The average Bonchev–Trinajstić information content (AvgIpc) is 2.46. The molecule has 1 amide bonds. The van der Waals surface area contributed by atoms with E-state index in [0.29, 0.717) is 6.04 Å². The van der Waals surface area contributed by atoms with Crippen molar-refractivity contribution >= 4 is 47.3 Å². The molecule has 4 rings (SSSR count). The minimum Gasteiger partial charge on any atom is -0.380 e.